The van der Waals surface area contributed by atoms with Gasteiger partial charge in [0, 0.05) is 29.5 Å². The molecule has 2 aliphatic rings. The van der Waals surface area contributed by atoms with E-state index in [-0.39, 0.29) is 17.3 Å². The number of nitrogens with one attached hydrogen (secondary N) is 3. The Morgan fingerprint density at radius 2 is 1.34 bits per heavy atom. The number of rotatable bonds is 17. The molecule has 0 bridgehead atoms. The highest BCUT2D eigenvalue weighted by molar-refractivity contribution is 7.92. The van der Waals surface area contributed by atoms with Crippen molar-refractivity contribution in [3.8, 4) is 10.6 Å². The van der Waals surface area contributed by atoms with E-state index < -0.39 is 75.0 Å². The van der Waals surface area contributed by atoms with Crippen molar-refractivity contribution in [2.24, 2.45) is 5.16 Å². The maximum absolute atomic E-state index is 14.9. The molecule has 5 heterocycles. The standard InChI is InChI=1S/C60H54N8O8S3/c1-58(2,3)75-55(71)59(4,5)76-67-47(45-36-77-56(63-45)66-60(41-27-15-8-16-28-41,42-29-17-9-18-30-42)43-31-19-10-20-32-43)51(69)64-48-53(70)68-50(65-57(72)74-49(38-22-11-6-12-23-38)39-24-13-7-14-25-39)44(37-79(73)54(48)68)46-35-62-52(78-46)40-26-21-33-61-34-40/h6-36,48-49,54H,37H2,1-5H3,(H,63,66)(H,64,69)(H,65,72)/b67-47+. The lowest BCUT2D eigenvalue weighted by atomic mass is 9.77. The molecule has 8 aromatic rings. The van der Waals surface area contributed by atoms with E-state index in [0.29, 0.717) is 31.7 Å². The maximum atomic E-state index is 14.9. The van der Waals surface area contributed by atoms with Crippen molar-refractivity contribution in [1.82, 2.24) is 30.5 Å². The highest BCUT2D eigenvalue weighted by atomic mass is 32.2. The molecule has 79 heavy (non-hydrogen) atoms. The normalized spacial score (nSPS) is 16.6. The molecule has 5 aromatic carbocycles. The molecule has 19 heteroatoms. The smallest absolute Gasteiger partial charge is 0.413 e. The fourth-order valence-corrected chi connectivity index (χ4v) is 12.6. The third-order valence-corrected chi connectivity index (χ3v) is 16.4. The van der Waals surface area contributed by atoms with E-state index in [4.69, 9.17) is 19.3 Å². The number of anilines is 1. The first kappa shape index (κ1) is 53.9. The van der Waals surface area contributed by atoms with Gasteiger partial charge >= 0.3 is 12.1 Å². The Morgan fingerprint density at radius 3 is 1.89 bits per heavy atom. The number of hydrogen-bond acceptors (Lipinski definition) is 15. The summed E-state index contributed by atoms with van der Waals surface area (Å²) in [5.74, 6) is -2.48. The molecular weight excluding hydrogens is 1060 g/mol. The Kier molecular flexibility index (Phi) is 15.6. The Hall–Kier alpha value is -8.49. The monoisotopic (exact) mass is 1110 g/mol. The highest BCUT2D eigenvalue weighted by Crippen LogP contribution is 2.43. The van der Waals surface area contributed by atoms with Crippen LogP contribution in [0, 0.1) is 0 Å². The van der Waals surface area contributed by atoms with Crippen LogP contribution in [0.25, 0.3) is 16.1 Å². The lowest BCUT2D eigenvalue weighted by Gasteiger charge is -2.49. The molecule has 0 spiro atoms. The predicted octanol–water partition coefficient (Wildman–Crippen LogP) is 10.2. The van der Waals surface area contributed by atoms with Gasteiger partial charge in [0.2, 0.25) is 11.0 Å². The van der Waals surface area contributed by atoms with E-state index in [0.717, 1.165) is 22.3 Å². The maximum Gasteiger partial charge on any atom is 0.413 e. The molecule has 1 fully saturated rings. The summed E-state index contributed by atoms with van der Waals surface area (Å²) in [6.45, 7) is 8.05. The number of esters is 1. The van der Waals surface area contributed by atoms with Crippen LogP contribution < -0.4 is 16.0 Å². The number of alkyl carbamates (subject to hydrolysis) is 1. The van der Waals surface area contributed by atoms with E-state index >= 15 is 0 Å². The van der Waals surface area contributed by atoms with Crippen LogP contribution in [-0.2, 0) is 45.4 Å². The first-order chi connectivity index (χ1) is 38.1. The van der Waals surface area contributed by atoms with Crippen molar-refractivity contribution in [2.75, 3.05) is 11.1 Å². The Labute approximate surface area is 467 Å². The zero-order valence-electron chi connectivity index (χ0n) is 43.6. The topological polar surface area (TPSA) is 209 Å². The van der Waals surface area contributed by atoms with Crippen LogP contribution in [-0.4, -0.2) is 82.4 Å². The number of oxime groups is 1. The van der Waals surface area contributed by atoms with Gasteiger partial charge in [0.05, 0.1) is 10.5 Å². The largest absolute Gasteiger partial charge is 0.614 e. The van der Waals surface area contributed by atoms with Gasteiger partial charge in [-0.2, -0.15) is 0 Å². The lowest BCUT2D eigenvalue weighted by molar-refractivity contribution is -0.179. The summed E-state index contributed by atoms with van der Waals surface area (Å²) in [5, 5.41) is 15.1. The molecule has 1 saturated heterocycles. The molecule has 0 aliphatic carbocycles. The second-order valence-corrected chi connectivity index (χ2v) is 23.4. The summed E-state index contributed by atoms with van der Waals surface area (Å²) in [7, 11) is 0. The van der Waals surface area contributed by atoms with Gasteiger partial charge in [-0.1, -0.05) is 157 Å². The number of amides is 3. The molecule has 3 atom stereocenters. The van der Waals surface area contributed by atoms with Crippen molar-refractivity contribution in [3.63, 3.8) is 0 Å². The molecule has 3 N–H and O–H groups in total. The summed E-state index contributed by atoms with van der Waals surface area (Å²) in [6, 6.07) is 50.4. The summed E-state index contributed by atoms with van der Waals surface area (Å²) >= 11 is 0.598. The van der Waals surface area contributed by atoms with Crippen LogP contribution in [0.4, 0.5) is 9.93 Å². The van der Waals surface area contributed by atoms with Crippen LogP contribution >= 0.6 is 22.7 Å². The van der Waals surface area contributed by atoms with Gasteiger partial charge < -0.3 is 29.5 Å². The minimum absolute atomic E-state index is 0.0247. The van der Waals surface area contributed by atoms with Crippen LogP contribution in [0.1, 0.15) is 79.1 Å². The fraction of sp³-hybridized carbons (Fsp3) is 0.200. The third kappa shape index (κ3) is 11.6. The van der Waals surface area contributed by atoms with Gasteiger partial charge in [0.25, 0.3) is 11.8 Å². The molecular formula is C60H54N8O8S3. The van der Waals surface area contributed by atoms with Gasteiger partial charge in [-0.15, -0.1) is 22.7 Å². The summed E-state index contributed by atoms with van der Waals surface area (Å²) in [5.41, 5.74) is 1.29. The molecule has 0 saturated carbocycles. The van der Waals surface area contributed by atoms with Crippen molar-refractivity contribution in [1.29, 1.82) is 0 Å². The summed E-state index contributed by atoms with van der Waals surface area (Å²) < 4.78 is 26.5. The molecule has 400 valence electrons. The van der Waals surface area contributed by atoms with Crippen molar-refractivity contribution in [2.45, 2.75) is 68.9 Å². The Morgan fingerprint density at radius 1 is 0.772 bits per heavy atom. The van der Waals surface area contributed by atoms with E-state index in [1.807, 2.05) is 158 Å². The van der Waals surface area contributed by atoms with Gasteiger partial charge in [-0.05, 0) is 85.7 Å². The fourth-order valence-electron chi connectivity index (χ4n) is 9.12. The molecule has 0 radical (unpaired) electrons. The van der Waals surface area contributed by atoms with Gasteiger partial charge in [-0.3, -0.25) is 19.9 Å². The Balaban J connectivity index is 0.990. The van der Waals surface area contributed by atoms with E-state index in [2.05, 4.69) is 31.1 Å². The SMILES string of the molecule is CC(C)(C)OC(=O)C(C)(C)O/N=C(/C(=O)NC1C(=O)N2C(NC(=O)OC(c3ccccc3)c3ccccc3)=C(c3cnc(-c4cccnc4)s3)C[S+]([O-])C12)c1csc(NC(c2ccccc2)(c2ccccc2)c2ccccc2)n1. The quantitative estimate of drug-likeness (QED) is 0.0194. The number of benzene rings is 5. The van der Waals surface area contributed by atoms with E-state index in [9.17, 15) is 23.7 Å². The molecule has 3 amide bonds. The molecule has 16 nitrogen and oxygen atoms in total. The van der Waals surface area contributed by atoms with Gasteiger partial charge in [0.15, 0.2) is 23.0 Å². The van der Waals surface area contributed by atoms with E-state index in [1.165, 1.54) is 41.4 Å². The zero-order chi connectivity index (χ0) is 55.3. The highest BCUT2D eigenvalue weighted by Gasteiger charge is 2.61. The number of thiazole rings is 2. The van der Waals surface area contributed by atoms with Crippen LogP contribution in [0.5, 0.6) is 0 Å². The van der Waals surface area contributed by atoms with Crippen LogP contribution in [0.2, 0.25) is 0 Å². The molecule has 3 unspecified atom stereocenters. The Bertz CT molecular complexity index is 3390. The van der Waals surface area contributed by atoms with Crippen molar-refractivity contribution >= 4 is 74.1 Å². The zero-order valence-corrected chi connectivity index (χ0v) is 46.0. The van der Waals surface area contributed by atoms with Crippen molar-refractivity contribution in [3.05, 3.63) is 232 Å². The number of aromatic nitrogens is 3. The van der Waals surface area contributed by atoms with E-state index in [1.54, 1.807) is 50.8 Å². The predicted molar refractivity (Wildman–Crippen MR) is 305 cm³/mol. The average Bonchev–Trinajstić information content (AvgIpc) is 4.28. The van der Waals surface area contributed by atoms with Crippen LogP contribution in [0.15, 0.2) is 199 Å². The molecule has 10 rings (SSSR count). The number of β-lactam (4-membered cyclic amide) rings is 1. The number of pyridine rings is 1. The van der Waals surface area contributed by atoms with Crippen LogP contribution in [0.3, 0.4) is 0 Å². The number of carbonyl (C=O) groups excluding carboxylic acids is 4. The average molecular weight is 1110 g/mol. The minimum Gasteiger partial charge on any atom is -0.614 e. The molecule has 3 aromatic heterocycles. The molecule has 2 aliphatic heterocycles. The lowest BCUT2D eigenvalue weighted by Crippen LogP contribution is -2.75. The number of carbonyl (C=O) groups is 4. The first-order valence-corrected chi connectivity index (χ1v) is 28.3. The first-order valence-electron chi connectivity index (χ1n) is 25.2. The van der Waals surface area contributed by atoms with Gasteiger partial charge in [0.1, 0.15) is 33.4 Å². The number of ether oxygens (including phenoxy) is 2. The number of hydrogen-bond donors (Lipinski definition) is 3. The second kappa shape index (κ2) is 22.8. The summed E-state index contributed by atoms with van der Waals surface area (Å²) in [4.78, 5) is 78.9. The van der Waals surface area contributed by atoms with Crippen molar-refractivity contribution < 1.29 is 38.0 Å². The second-order valence-electron chi connectivity index (χ2n) is 20.0. The summed E-state index contributed by atoms with van der Waals surface area (Å²) in [6.07, 6.45) is 3.17. The minimum atomic E-state index is -1.87. The third-order valence-electron chi connectivity index (χ3n) is 12.9. The van der Waals surface area contributed by atoms with Gasteiger partial charge in [-0.25, -0.2) is 24.5 Å². The number of fused-ring (bicyclic) bond motifs is 1. The number of nitrogens with zero attached hydrogens (tertiary/aromatic N) is 5.